The van der Waals surface area contributed by atoms with Crippen molar-refractivity contribution >= 4 is 11.6 Å². The molecule has 0 amide bonds. The molecule has 2 atom stereocenters. The van der Waals surface area contributed by atoms with Crippen LogP contribution < -0.4 is 5.73 Å². The highest BCUT2D eigenvalue weighted by molar-refractivity contribution is 6.30. The third kappa shape index (κ3) is 1.19. The normalized spacial score (nSPS) is 29.2. The Morgan fingerprint density at radius 1 is 1.64 bits per heavy atom. The van der Waals surface area contributed by atoms with E-state index in [1.165, 1.54) is 0 Å². The number of nitrogens with two attached hydrogens (primary N) is 1. The molecule has 1 aromatic rings. The van der Waals surface area contributed by atoms with Gasteiger partial charge in [0.05, 0.1) is 12.0 Å². The molecule has 14 heavy (non-hydrogen) atoms. The number of rotatable bonds is 2. The molecule has 0 unspecified atom stereocenters. The van der Waals surface area contributed by atoms with Gasteiger partial charge in [0, 0.05) is 18.5 Å². The molecule has 1 aliphatic carbocycles. The van der Waals surface area contributed by atoms with E-state index >= 15 is 0 Å². The molecule has 78 valence electrons. The zero-order valence-corrected chi connectivity index (χ0v) is 9.54. The van der Waals surface area contributed by atoms with Crippen LogP contribution in [-0.2, 0) is 6.54 Å². The molecule has 0 bridgehead atoms. The van der Waals surface area contributed by atoms with Crippen LogP contribution in [0.2, 0.25) is 5.15 Å². The molecular formula is C10H16ClN3. The average Bonchev–Trinajstić information content (AvgIpc) is 2.45. The van der Waals surface area contributed by atoms with Gasteiger partial charge in [-0.1, -0.05) is 25.4 Å². The van der Waals surface area contributed by atoms with Crippen LogP contribution in [-0.4, -0.2) is 15.6 Å². The number of hydrogen-bond acceptors (Lipinski definition) is 2. The fraction of sp³-hybridized carbons (Fsp3) is 0.700. The van der Waals surface area contributed by atoms with Crippen LogP contribution in [0.15, 0.2) is 6.33 Å². The third-order valence-electron chi connectivity index (χ3n) is 3.38. The molecule has 2 N–H and O–H groups in total. The second-order valence-electron chi connectivity index (χ2n) is 4.53. The quantitative estimate of drug-likeness (QED) is 0.817. The van der Waals surface area contributed by atoms with E-state index in [2.05, 4.69) is 30.3 Å². The van der Waals surface area contributed by atoms with Gasteiger partial charge in [0.2, 0.25) is 0 Å². The summed E-state index contributed by atoms with van der Waals surface area (Å²) in [6.07, 6.45) is 1.79. The number of hydrogen-bond donors (Lipinski definition) is 1. The first-order valence-corrected chi connectivity index (χ1v) is 5.34. The molecule has 1 aromatic heterocycles. The Morgan fingerprint density at radius 3 is 2.64 bits per heavy atom. The van der Waals surface area contributed by atoms with Crippen LogP contribution in [0.3, 0.4) is 0 Å². The summed E-state index contributed by atoms with van der Waals surface area (Å²) in [6, 6.07) is 0.210. The summed E-state index contributed by atoms with van der Waals surface area (Å²) in [6.45, 7) is 7.33. The molecule has 0 saturated heterocycles. The Morgan fingerprint density at radius 2 is 2.21 bits per heavy atom. The zero-order chi connectivity index (χ0) is 10.5. The highest BCUT2D eigenvalue weighted by Gasteiger charge is 2.58. The molecule has 0 aromatic carbocycles. The van der Waals surface area contributed by atoms with E-state index in [4.69, 9.17) is 17.3 Å². The minimum Gasteiger partial charge on any atom is -0.333 e. The predicted octanol–water partition coefficient (Wildman–Crippen LogP) is 2.01. The van der Waals surface area contributed by atoms with E-state index in [1.54, 1.807) is 6.33 Å². The second kappa shape index (κ2) is 2.97. The van der Waals surface area contributed by atoms with Gasteiger partial charge in [-0.2, -0.15) is 0 Å². The molecule has 2 rings (SSSR count). The first-order chi connectivity index (χ1) is 6.50. The van der Waals surface area contributed by atoms with E-state index in [9.17, 15) is 0 Å². The van der Waals surface area contributed by atoms with E-state index in [0.29, 0.717) is 11.1 Å². The summed E-state index contributed by atoms with van der Waals surface area (Å²) >= 11 is 6.06. The summed E-state index contributed by atoms with van der Waals surface area (Å²) < 4.78 is 2.08. The first-order valence-electron chi connectivity index (χ1n) is 4.96. The fourth-order valence-electron chi connectivity index (χ4n) is 2.13. The average molecular weight is 214 g/mol. The Balaban J connectivity index is 2.38. The van der Waals surface area contributed by atoms with Crippen LogP contribution >= 0.6 is 11.6 Å². The van der Waals surface area contributed by atoms with Gasteiger partial charge in [0.15, 0.2) is 5.15 Å². The number of aryl methyl sites for hydroxylation is 1. The summed E-state index contributed by atoms with van der Waals surface area (Å²) in [7, 11) is 0. The number of aromatic nitrogens is 2. The van der Waals surface area contributed by atoms with Crippen molar-refractivity contribution in [3.05, 3.63) is 17.2 Å². The van der Waals surface area contributed by atoms with Gasteiger partial charge in [0.1, 0.15) is 0 Å². The largest absolute Gasteiger partial charge is 0.333 e. The SMILES string of the molecule is CCn1cnc(Cl)c1[C@@H]1[C@@H](N)C1(C)C. The predicted molar refractivity (Wildman–Crippen MR) is 57.4 cm³/mol. The van der Waals surface area contributed by atoms with Crippen LogP contribution in [0.25, 0.3) is 0 Å². The van der Waals surface area contributed by atoms with Crippen molar-refractivity contribution in [2.75, 3.05) is 0 Å². The highest BCUT2D eigenvalue weighted by atomic mass is 35.5. The lowest BCUT2D eigenvalue weighted by Gasteiger charge is -2.06. The van der Waals surface area contributed by atoms with Crippen molar-refractivity contribution in [3.63, 3.8) is 0 Å². The van der Waals surface area contributed by atoms with Crippen molar-refractivity contribution in [1.82, 2.24) is 9.55 Å². The fourth-order valence-corrected chi connectivity index (χ4v) is 2.40. The van der Waals surface area contributed by atoms with Gasteiger partial charge in [-0.25, -0.2) is 4.98 Å². The van der Waals surface area contributed by atoms with Crippen molar-refractivity contribution in [2.24, 2.45) is 11.1 Å². The van der Waals surface area contributed by atoms with Crippen molar-refractivity contribution < 1.29 is 0 Å². The minimum atomic E-state index is 0.163. The molecule has 1 saturated carbocycles. The maximum atomic E-state index is 6.06. The smallest absolute Gasteiger partial charge is 0.150 e. The monoisotopic (exact) mass is 213 g/mol. The molecule has 0 aliphatic heterocycles. The van der Waals surface area contributed by atoms with E-state index in [1.807, 2.05) is 0 Å². The van der Waals surface area contributed by atoms with E-state index in [-0.39, 0.29) is 11.5 Å². The molecule has 0 radical (unpaired) electrons. The maximum Gasteiger partial charge on any atom is 0.150 e. The zero-order valence-electron chi connectivity index (χ0n) is 8.79. The Kier molecular flexibility index (Phi) is 2.12. The van der Waals surface area contributed by atoms with Gasteiger partial charge >= 0.3 is 0 Å². The van der Waals surface area contributed by atoms with Crippen molar-refractivity contribution in [2.45, 2.75) is 39.3 Å². The topological polar surface area (TPSA) is 43.8 Å². The van der Waals surface area contributed by atoms with E-state index < -0.39 is 0 Å². The summed E-state index contributed by atoms with van der Waals surface area (Å²) in [5.41, 5.74) is 7.29. The maximum absolute atomic E-state index is 6.06. The lowest BCUT2D eigenvalue weighted by Crippen LogP contribution is -2.07. The lowest BCUT2D eigenvalue weighted by molar-refractivity contribution is 0.583. The molecule has 1 aliphatic rings. The van der Waals surface area contributed by atoms with Crippen LogP contribution in [0.1, 0.15) is 32.4 Å². The molecule has 0 spiro atoms. The van der Waals surface area contributed by atoms with Gasteiger partial charge in [-0.15, -0.1) is 0 Å². The number of halogens is 1. The van der Waals surface area contributed by atoms with Crippen LogP contribution in [0.4, 0.5) is 0 Å². The molecule has 3 nitrogen and oxygen atoms in total. The third-order valence-corrected chi connectivity index (χ3v) is 3.67. The first kappa shape index (κ1) is 9.99. The Bertz CT molecular complexity index is 356. The van der Waals surface area contributed by atoms with Crippen LogP contribution in [0, 0.1) is 5.41 Å². The summed E-state index contributed by atoms with van der Waals surface area (Å²) in [5, 5.41) is 0.609. The van der Waals surface area contributed by atoms with Crippen molar-refractivity contribution in [1.29, 1.82) is 0 Å². The highest BCUT2D eigenvalue weighted by Crippen LogP contribution is 2.58. The standard InChI is InChI=1S/C10H16ClN3/c1-4-14-5-13-9(11)7(14)6-8(12)10(6,2)3/h5-6,8H,4,12H2,1-3H3/t6-,8-/m1/s1. The van der Waals surface area contributed by atoms with Gasteiger partial charge in [-0.3, -0.25) is 0 Å². The van der Waals surface area contributed by atoms with Gasteiger partial charge in [-0.05, 0) is 12.3 Å². The Hall–Kier alpha value is -0.540. The van der Waals surface area contributed by atoms with Crippen molar-refractivity contribution in [3.8, 4) is 0 Å². The lowest BCUT2D eigenvalue weighted by atomic mass is 10.1. The van der Waals surface area contributed by atoms with Crippen LogP contribution in [0.5, 0.6) is 0 Å². The van der Waals surface area contributed by atoms with Gasteiger partial charge in [0.25, 0.3) is 0 Å². The van der Waals surface area contributed by atoms with E-state index in [0.717, 1.165) is 12.2 Å². The molecule has 4 heteroatoms. The summed E-state index contributed by atoms with van der Waals surface area (Å²) in [5.74, 6) is 0.359. The second-order valence-corrected chi connectivity index (χ2v) is 4.89. The Labute approximate surface area is 89.3 Å². The molecule has 1 heterocycles. The number of nitrogens with zero attached hydrogens (tertiary/aromatic N) is 2. The van der Waals surface area contributed by atoms with Gasteiger partial charge < -0.3 is 10.3 Å². The summed E-state index contributed by atoms with van der Waals surface area (Å²) in [4.78, 5) is 4.12. The molecule has 1 fully saturated rings. The number of imidazole rings is 1. The molecular weight excluding hydrogens is 198 g/mol. The minimum absolute atomic E-state index is 0.163.